The van der Waals surface area contributed by atoms with Crippen LogP contribution in [0.3, 0.4) is 0 Å². The van der Waals surface area contributed by atoms with E-state index in [9.17, 15) is 9.59 Å². The molecule has 0 aliphatic rings. The van der Waals surface area contributed by atoms with Gasteiger partial charge in [0, 0.05) is 5.48 Å². The number of carbonyl (C=O) groups is 2. The first-order valence-electron chi connectivity index (χ1n) is 12.1. The van der Waals surface area contributed by atoms with E-state index in [2.05, 4.69) is 0 Å². The Morgan fingerprint density at radius 3 is 1.08 bits per heavy atom. The smallest absolute Gasteiger partial charge is 0.303 e. The number of unbranched alkanes of at least 4 members (excludes halogenated alkanes) is 9. The van der Waals surface area contributed by atoms with Crippen LogP contribution in [0.25, 0.3) is 0 Å². The van der Waals surface area contributed by atoms with Crippen molar-refractivity contribution in [1.29, 1.82) is 0 Å². The van der Waals surface area contributed by atoms with Crippen molar-refractivity contribution >= 4 is 11.9 Å². The van der Waals surface area contributed by atoms with Crippen LogP contribution in [0.2, 0.25) is 0 Å². The molecule has 0 saturated carbocycles. The summed E-state index contributed by atoms with van der Waals surface area (Å²) in [6.07, 6.45) is 7.02. The minimum Gasteiger partial charge on any atom is -0.481 e. The van der Waals surface area contributed by atoms with Gasteiger partial charge in [-0.05, 0) is 23.7 Å². The van der Waals surface area contributed by atoms with Crippen molar-refractivity contribution in [2.75, 3.05) is 0 Å². The molecule has 0 atom stereocenters. The molecule has 0 unspecified atom stereocenters. The van der Waals surface area contributed by atoms with E-state index in [1.165, 1.54) is 0 Å². The van der Waals surface area contributed by atoms with Crippen molar-refractivity contribution in [1.82, 2.24) is 0 Å². The van der Waals surface area contributed by atoms with Gasteiger partial charge in [-0.3, -0.25) is 9.59 Å². The van der Waals surface area contributed by atoms with Crippen LogP contribution in [0.5, 0.6) is 0 Å². The molecule has 26 heavy (non-hydrogen) atoms. The number of hydrogen-bond acceptors (Lipinski definition) is 2. The average Bonchev–Trinajstić information content (AvgIpc) is 2.61. The van der Waals surface area contributed by atoms with Crippen LogP contribution in [0, 0.1) is 10.8 Å². The summed E-state index contributed by atoms with van der Waals surface area (Å²) >= 11 is 0. The molecule has 0 rings (SSSR count). The molecular weight excluding hydrogens is 328 g/mol. The van der Waals surface area contributed by atoms with Crippen LogP contribution in [0.1, 0.15) is 123 Å². The molecule has 2 N–H and O–H groups in total. The minimum absolute atomic E-state index is 0.558. The van der Waals surface area contributed by atoms with Gasteiger partial charge in [0.05, 0.1) is 12.7 Å². The average molecular weight is 375 g/mol. The summed E-state index contributed by atoms with van der Waals surface area (Å²) in [5.74, 6) is -2.78. The van der Waals surface area contributed by atoms with Gasteiger partial charge < -0.3 is 10.2 Å². The minimum atomic E-state index is -2.21. The Labute approximate surface area is 166 Å². The van der Waals surface area contributed by atoms with Crippen LogP contribution in [-0.2, 0) is 9.59 Å². The first-order chi connectivity index (χ1) is 13.6. The zero-order valence-corrected chi connectivity index (χ0v) is 17.2. The Bertz CT molecular complexity index is 497. The Kier molecular flexibility index (Phi) is 9.27. The second-order valence-corrected chi connectivity index (χ2v) is 8.66. The lowest BCUT2D eigenvalue weighted by Gasteiger charge is -2.22. The maximum atomic E-state index is 11.1. The van der Waals surface area contributed by atoms with Crippen LogP contribution < -0.4 is 0 Å². The summed E-state index contributed by atoms with van der Waals surface area (Å²) in [6.45, 7) is 6.71. The fourth-order valence-electron chi connectivity index (χ4n) is 3.25. The molecule has 4 nitrogen and oxygen atoms in total. The largest absolute Gasteiger partial charge is 0.481 e. The van der Waals surface area contributed by atoms with E-state index in [-0.39, 0.29) is 0 Å². The Balaban J connectivity index is 3.77. The van der Waals surface area contributed by atoms with Crippen LogP contribution in [-0.4, -0.2) is 22.2 Å². The summed E-state index contributed by atoms with van der Waals surface area (Å²) in [6, 6.07) is 0. The summed E-state index contributed by atoms with van der Waals surface area (Å²) in [4.78, 5) is 22.1. The Morgan fingerprint density at radius 2 is 0.846 bits per heavy atom. The second-order valence-electron chi connectivity index (χ2n) is 8.66. The van der Waals surface area contributed by atoms with Crippen molar-refractivity contribution in [3.05, 3.63) is 0 Å². The van der Waals surface area contributed by atoms with Gasteiger partial charge in [-0.1, -0.05) is 91.9 Å². The SMILES string of the molecule is [2H]C([2H])(C(=O)O)C(C)(C)CCCCCCCCCCCCC(C)(C)C([2H])([2H])C(=O)O. The zero-order valence-electron chi connectivity index (χ0n) is 21.2. The molecule has 0 aromatic carbocycles. The summed E-state index contributed by atoms with van der Waals surface area (Å²) in [5, 5.41) is 18.1. The van der Waals surface area contributed by atoms with Crippen molar-refractivity contribution in [3.63, 3.8) is 0 Å². The highest BCUT2D eigenvalue weighted by atomic mass is 16.4. The highest BCUT2D eigenvalue weighted by molar-refractivity contribution is 5.67. The number of hydrogen-bond donors (Lipinski definition) is 2. The van der Waals surface area contributed by atoms with E-state index in [1.807, 2.05) is 0 Å². The maximum Gasteiger partial charge on any atom is 0.303 e. The van der Waals surface area contributed by atoms with Crippen molar-refractivity contribution < 1.29 is 25.3 Å². The third-order valence-corrected chi connectivity index (χ3v) is 4.74. The second kappa shape index (κ2) is 13.2. The van der Waals surface area contributed by atoms with Gasteiger partial charge in [0.2, 0.25) is 0 Å². The summed E-state index contributed by atoms with van der Waals surface area (Å²) < 4.78 is 30.9. The predicted octanol–water partition coefficient (Wildman–Crippen LogP) is 6.67. The summed E-state index contributed by atoms with van der Waals surface area (Å²) in [7, 11) is 0. The lowest BCUT2D eigenvalue weighted by Crippen LogP contribution is -2.16. The third-order valence-electron chi connectivity index (χ3n) is 4.74. The van der Waals surface area contributed by atoms with E-state index in [0.717, 1.165) is 64.2 Å². The van der Waals surface area contributed by atoms with Gasteiger partial charge in [-0.25, -0.2) is 0 Å². The van der Waals surface area contributed by atoms with Gasteiger partial charge in [-0.15, -0.1) is 0 Å². The van der Waals surface area contributed by atoms with Gasteiger partial charge in [-0.2, -0.15) is 0 Å². The fourth-order valence-corrected chi connectivity index (χ4v) is 3.25. The normalized spacial score (nSPS) is 15.7. The molecule has 0 amide bonds. The van der Waals surface area contributed by atoms with Crippen molar-refractivity contribution in [2.45, 2.75) is 117 Å². The quantitative estimate of drug-likeness (QED) is 0.279. The Morgan fingerprint density at radius 1 is 0.615 bits per heavy atom. The van der Waals surface area contributed by atoms with Crippen molar-refractivity contribution in [2.24, 2.45) is 10.8 Å². The number of carboxylic acids is 2. The van der Waals surface area contributed by atoms with Gasteiger partial charge >= 0.3 is 11.9 Å². The number of rotatable bonds is 17. The maximum absolute atomic E-state index is 11.1. The van der Waals surface area contributed by atoms with E-state index in [1.54, 1.807) is 27.7 Å². The first-order valence-corrected chi connectivity index (χ1v) is 10.1. The molecule has 0 fully saturated rings. The lowest BCUT2D eigenvalue weighted by atomic mass is 9.83. The standard InChI is InChI=1S/C22H42O4/c1-21(2,17-19(23)24)15-13-11-9-7-5-6-8-10-12-14-16-22(3,4)18-20(25)26/h5-18H2,1-4H3,(H,23,24)(H,25,26)/i17D2,18D2. The molecule has 0 aliphatic heterocycles. The third kappa shape index (κ3) is 16.4. The van der Waals surface area contributed by atoms with Gasteiger partial charge in [0.15, 0.2) is 0 Å². The van der Waals surface area contributed by atoms with E-state index >= 15 is 0 Å². The zero-order chi connectivity index (χ0) is 23.6. The number of aliphatic carboxylic acids is 2. The summed E-state index contributed by atoms with van der Waals surface area (Å²) in [5.41, 5.74) is -1.76. The molecule has 154 valence electrons. The van der Waals surface area contributed by atoms with E-state index in [4.69, 9.17) is 15.7 Å². The lowest BCUT2D eigenvalue weighted by molar-refractivity contribution is -0.140. The molecule has 0 radical (unpaired) electrons. The van der Waals surface area contributed by atoms with Crippen molar-refractivity contribution in [3.8, 4) is 0 Å². The van der Waals surface area contributed by atoms with E-state index in [0.29, 0.717) is 12.8 Å². The van der Waals surface area contributed by atoms with Crippen LogP contribution >= 0.6 is 0 Å². The Hall–Kier alpha value is -1.06. The fraction of sp³-hybridized carbons (Fsp3) is 0.909. The van der Waals surface area contributed by atoms with Gasteiger partial charge in [0.1, 0.15) is 0 Å². The van der Waals surface area contributed by atoms with Crippen LogP contribution in [0.4, 0.5) is 0 Å². The van der Waals surface area contributed by atoms with Gasteiger partial charge in [0.25, 0.3) is 0 Å². The highest BCUT2D eigenvalue weighted by Crippen LogP contribution is 2.29. The molecule has 0 aliphatic carbocycles. The predicted molar refractivity (Wildman–Crippen MR) is 107 cm³/mol. The first kappa shape index (κ1) is 18.3. The molecule has 0 bridgehead atoms. The molecule has 0 spiro atoms. The monoisotopic (exact) mass is 374 g/mol. The van der Waals surface area contributed by atoms with E-state index < -0.39 is 35.5 Å². The topological polar surface area (TPSA) is 74.6 Å². The molecule has 0 heterocycles. The molecule has 4 heteroatoms. The highest BCUT2D eigenvalue weighted by Gasteiger charge is 2.21. The van der Waals surface area contributed by atoms with Crippen LogP contribution in [0.15, 0.2) is 0 Å². The molecule has 0 aromatic rings. The number of carboxylic acid groups (broad SMARTS) is 2. The molecule has 0 saturated heterocycles. The molecule has 0 aromatic heterocycles. The molecular formula is C22H42O4.